The standard InChI is InChI=1S/C36H37F4N5O7/c1-35(2,3)52-34(48)43-29-17-31(51-21-36(38,39)40)26(25-11-4-5-12-27(25)37)16-28(29)42-32(47)18-30(46)22-9-8-10-23(15-22)45-24(19-41-44-45)20-50-33-13-6-7-14-49-33/h4-5,8-12,15-17,19,33H,6-7,13-14,18,20-21H2,1-3H3,(H,42,47)(H,43,48). The first-order valence-corrected chi connectivity index (χ1v) is 16.3. The van der Waals surface area contributed by atoms with E-state index in [4.69, 9.17) is 18.9 Å². The minimum absolute atomic E-state index is 0.143. The van der Waals surface area contributed by atoms with Gasteiger partial charge in [-0.15, -0.1) is 5.10 Å². The van der Waals surface area contributed by atoms with Crippen LogP contribution in [0.5, 0.6) is 5.75 Å². The summed E-state index contributed by atoms with van der Waals surface area (Å²) in [5, 5.41) is 13.0. The van der Waals surface area contributed by atoms with E-state index in [1.807, 2.05) is 0 Å². The Bertz CT molecular complexity index is 1900. The molecule has 0 bridgehead atoms. The van der Waals surface area contributed by atoms with Crippen LogP contribution in [0.25, 0.3) is 16.8 Å². The fourth-order valence-electron chi connectivity index (χ4n) is 5.22. The Kier molecular flexibility index (Phi) is 11.9. The molecule has 1 saturated heterocycles. The van der Waals surface area contributed by atoms with E-state index in [2.05, 4.69) is 20.9 Å². The van der Waals surface area contributed by atoms with Crippen molar-refractivity contribution < 1.29 is 50.9 Å². The van der Waals surface area contributed by atoms with E-state index < -0.39 is 54.2 Å². The van der Waals surface area contributed by atoms with Crippen LogP contribution in [0.2, 0.25) is 0 Å². The first-order chi connectivity index (χ1) is 24.6. The fourth-order valence-corrected chi connectivity index (χ4v) is 5.22. The number of rotatable bonds is 12. The van der Waals surface area contributed by atoms with Crippen LogP contribution in [-0.2, 0) is 25.6 Å². The number of anilines is 2. The summed E-state index contributed by atoms with van der Waals surface area (Å²) in [6.07, 6.45) is -2.49. The van der Waals surface area contributed by atoms with Crippen LogP contribution in [0.4, 0.5) is 33.7 Å². The molecule has 1 aliphatic rings. The van der Waals surface area contributed by atoms with Gasteiger partial charge in [0.2, 0.25) is 5.91 Å². The first-order valence-electron chi connectivity index (χ1n) is 16.3. The molecular weight excluding hydrogens is 690 g/mol. The number of hydrogen-bond donors (Lipinski definition) is 2. The van der Waals surface area contributed by atoms with E-state index in [9.17, 15) is 31.9 Å². The zero-order valence-corrected chi connectivity index (χ0v) is 28.6. The molecule has 2 amide bonds. The molecule has 52 heavy (non-hydrogen) atoms. The molecular formula is C36H37F4N5O7. The predicted molar refractivity (Wildman–Crippen MR) is 181 cm³/mol. The highest BCUT2D eigenvalue weighted by Gasteiger charge is 2.30. The van der Waals surface area contributed by atoms with Crippen molar-refractivity contribution in [2.24, 2.45) is 0 Å². The van der Waals surface area contributed by atoms with Gasteiger partial charge in [0.25, 0.3) is 0 Å². The number of amides is 2. The zero-order valence-electron chi connectivity index (χ0n) is 28.6. The molecule has 0 aliphatic carbocycles. The number of carbonyl (C=O) groups excluding carboxylic acids is 3. The molecule has 16 heteroatoms. The summed E-state index contributed by atoms with van der Waals surface area (Å²) in [7, 11) is 0. The third kappa shape index (κ3) is 10.6. The number of halogens is 4. The van der Waals surface area contributed by atoms with Crippen LogP contribution in [0.1, 0.15) is 62.5 Å². The van der Waals surface area contributed by atoms with Gasteiger partial charge in [0.05, 0.1) is 42.0 Å². The normalized spacial score (nSPS) is 14.8. The number of ether oxygens (including phenoxy) is 4. The van der Waals surface area contributed by atoms with Crippen molar-refractivity contribution in [3.8, 4) is 22.6 Å². The quantitative estimate of drug-likeness (QED) is 0.0856. The number of benzene rings is 3. The summed E-state index contributed by atoms with van der Waals surface area (Å²) >= 11 is 0. The molecule has 4 aromatic rings. The largest absolute Gasteiger partial charge is 0.483 e. The van der Waals surface area contributed by atoms with Crippen LogP contribution in [0, 0.1) is 5.82 Å². The van der Waals surface area contributed by atoms with Crippen molar-refractivity contribution in [2.75, 3.05) is 23.8 Å². The number of alkyl halides is 3. The Labute approximate surface area is 296 Å². The second kappa shape index (κ2) is 16.3. The molecule has 2 heterocycles. The number of ketones is 1. The number of nitrogens with one attached hydrogen (secondary N) is 2. The van der Waals surface area contributed by atoms with Crippen LogP contribution >= 0.6 is 0 Å². The van der Waals surface area contributed by atoms with Gasteiger partial charge in [0, 0.05) is 29.4 Å². The van der Waals surface area contributed by atoms with Crippen molar-refractivity contribution >= 4 is 29.2 Å². The van der Waals surface area contributed by atoms with E-state index in [-0.39, 0.29) is 41.0 Å². The van der Waals surface area contributed by atoms with Crippen molar-refractivity contribution in [1.29, 1.82) is 0 Å². The van der Waals surface area contributed by atoms with E-state index in [0.717, 1.165) is 37.5 Å². The Morgan fingerprint density at radius 2 is 1.73 bits per heavy atom. The molecule has 5 rings (SSSR count). The zero-order chi connectivity index (χ0) is 37.5. The van der Waals surface area contributed by atoms with Gasteiger partial charge < -0.3 is 24.3 Å². The highest BCUT2D eigenvalue weighted by Crippen LogP contribution is 2.40. The molecule has 2 N–H and O–H groups in total. The van der Waals surface area contributed by atoms with Crippen LogP contribution in [-0.4, -0.2) is 64.1 Å². The minimum atomic E-state index is -4.75. The molecule has 3 aromatic carbocycles. The van der Waals surface area contributed by atoms with Gasteiger partial charge in [-0.1, -0.05) is 35.5 Å². The molecule has 0 spiro atoms. The lowest BCUT2D eigenvalue weighted by molar-refractivity contribution is -0.169. The molecule has 1 unspecified atom stereocenters. The van der Waals surface area contributed by atoms with E-state index in [1.54, 1.807) is 32.9 Å². The fraction of sp³-hybridized carbons (Fsp3) is 0.361. The molecule has 1 aromatic heterocycles. The molecule has 1 atom stereocenters. The smallest absolute Gasteiger partial charge is 0.422 e. The summed E-state index contributed by atoms with van der Waals surface area (Å²) in [6.45, 7) is 3.84. The first kappa shape index (κ1) is 37.9. The van der Waals surface area contributed by atoms with Gasteiger partial charge in [-0.2, -0.15) is 13.2 Å². The second-order valence-corrected chi connectivity index (χ2v) is 12.8. The van der Waals surface area contributed by atoms with Crippen LogP contribution < -0.4 is 15.4 Å². The Morgan fingerprint density at radius 1 is 0.962 bits per heavy atom. The SMILES string of the molecule is CC(C)(C)OC(=O)Nc1cc(OCC(F)(F)F)c(-c2ccccc2F)cc1NC(=O)CC(=O)c1cccc(-n2nncc2COC2CCCCO2)c1. The maximum atomic E-state index is 14.9. The summed E-state index contributed by atoms with van der Waals surface area (Å²) in [5.41, 5.74) is -0.389. The number of aromatic nitrogens is 3. The maximum absolute atomic E-state index is 14.9. The third-order valence-corrected chi connectivity index (χ3v) is 7.49. The van der Waals surface area contributed by atoms with Crippen LogP contribution in [0.3, 0.4) is 0 Å². The average molecular weight is 728 g/mol. The molecule has 12 nitrogen and oxygen atoms in total. The van der Waals surface area contributed by atoms with Gasteiger partial charge in [0.1, 0.15) is 17.2 Å². The number of hydrogen-bond acceptors (Lipinski definition) is 9. The van der Waals surface area contributed by atoms with Gasteiger partial charge in [-0.25, -0.2) is 13.9 Å². The average Bonchev–Trinajstić information content (AvgIpc) is 3.56. The summed E-state index contributed by atoms with van der Waals surface area (Å²) < 4.78 is 77.8. The highest BCUT2D eigenvalue weighted by molar-refractivity contribution is 6.12. The van der Waals surface area contributed by atoms with Crippen molar-refractivity contribution in [3.63, 3.8) is 0 Å². The number of Topliss-reactive ketones (excluding diaryl/α,β-unsaturated/α-hetero) is 1. The predicted octanol–water partition coefficient (Wildman–Crippen LogP) is 7.62. The third-order valence-electron chi connectivity index (χ3n) is 7.49. The highest BCUT2D eigenvalue weighted by atomic mass is 19.4. The Balaban J connectivity index is 1.39. The Morgan fingerprint density at radius 3 is 2.44 bits per heavy atom. The summed E-state index contributed by atoms with van der Waals surface area (Å²) in [4.78, 5) is 39.4. The van der Waals surface area contributed by atoms with Crippen LogP contribution in [0.15, 0.2) is 66.9 Å². The van der Waals surface area contributed by atoms with Gasteiger partial charge in [-0.05, 0) is 64.3 Å². The Hall–Kier alpha value is -5.35. The van der Waals surface area contributed by atoms with Gasteiger partial charge >= 0.3 is 12.3 Å². The topological polar surface area (TPSA) is 143 Å². The maximum Gasteiger partial charge on any atom is 0.422 e. The lowest BCUT2D eigenvalue weighted by Crippen LogP contribution is -2.28. The molecule has 0 radical (unpaired) electrons. The van der Waals surface area contributed by atoms with Crippen molar-refractivity contribution in [2.45, 2.75) is 71.1 Å². The van der Waals surface area contributed by atoms with E-state index in [0.29, 0.717) is 18.0 Å². The summed E-state index contributed by atoms with van der Waals surface area (Å²) in [5.74, 6) is -2.66. The van der Waals surface area contributed by atoms with Crippen molar-refractivity contribution in [3.05, 3.63) is 83.9 Å². The minimum Gasteiger partial charge on any atom is -0.483 e. The second-order valence-electron chi connectivity index (χ2n) is 12.8. The van der Waals surface area contributed by atoms with Gasteiger partial charge in [-0.3, -0.25) is 14.9 Å². The lowest BCUT2D eigenvalue weighted by atomic mass is 10.0. The monoisotopic (exact) mass is 727 g/mol. The molecule has 0 saturated carbocycles. The lowest BCUT2D eigenvalue weighted by Gasteiger charge is -2.22. The number of nitrogens with zero attached hydrogens (tertiary/aromatic N) is 3. The molecule has 276 valence electrons. The van der Waals surface area contributed by atoms with Gasteiger partial charge in [0.15, 0.2) is 18.7 Å². The number of carbonyl (C=O) groups is 3. The molecule has 1 fully saturated rings. The summed E-state index contributed by atoms with van der Waals surface area (Å²) in [6, 6.07) is 13.8. The van der Waals surface area contributed by atoms with Crippen molar-refractivity contribution in [1.82, 2.24) is 15.0 Å². The van der Waals surface area contributed by atoms with E-state index >= 15 is 0 Å². The van der Waals surface area contributed by atoms with E-state index in [1.165, 1.54) is 41.2 Å². The molecule has 1 aliphatic heterocycles.